The summed E-state index contributed by atoms with van der Waals surface area (Å²) in [5.74, 6) is 0. The molecule has 0 bridgehead atoms. The lowest BCUT2D eigenvalue weighted by molar-refractivity contribution is 0.311. The zero-order chi connectivity index (χ0) is 46.1. The molecule has 65 heavy (non-hydrogen) atoms. The molecule has 4 heteroatoms. The van der Waals surface area contributed by atoms with E-state index in [-0.39, 0.29) is 44.6 Å². The first-order chi connectivity index (χ1) is 30.3. The molecule has 3 aliphatic heterocycles. The van der Waals surface area contributed by atoms with Crippen LogP contribution in [0.25, 0.3) is 10.1 Å². The van der Waals surface area contributed by atoms with Crippen molar-refractivity contribution < 1.29 is 0 Å². The van der Waals surface area contributed by atoms with Crippen LogP contribution in [0.4, 0.5) is 34.1 Å². The molecule has 1 unspecified atom stereocenters. The highest BCUT2D eigenvalue weighted by Gasteiger charge is 2.57. The third kappa shape index (κ3) is 5.41. The van der Waals surface area contributed by atoms with Gasteiger partial charge >= 0.3 is 0 Å². The molecule has 0 saturated carbocycles. The fourth-order valence-corrected chi connectivity index (χ4v) is 15.7. The standard InChI is InChI=1S/C61H71BN2S/c1-34-29-44-50-45(30-34)64-51-35(2)31-42-47(60(14,15)26-25-59(42,12)13)49(51)61(16)28-27-56(6,7)39-21-22-43(53(64)48(39)61)62(50)54-52(63(44)37-19-17-36(18-20-37)55(3,4)5)38-32-40-41(33-46(38)65-54)58(10,11)24-23-57(40,8)9/h17-22,29-33H,23-28H2,1-16H3. The van der Waals surface area contributed by atoms with Gasteiger partial charge < -0.3 is 9.80 Å². The largest absolute Gasteiger partial charge is 0.311 e. The van der Waals surface area contributed by atoms with Gasteiger partial charge in [-0.15, -0.1) is 11.3 Å². The molecule has 334 valence electrons. The van der Waals surface area contributed by atoms with Crippen LogP contribution < -0.4 is 25.5 Å². The first-order valence-electron chi connectivity index (χ1n) is 25.1. The lowest BCUT2D eigenvalue weighted by Gasteiger charge is -2.57. The molecule has 1 aromatic heterocycles. The number of rotatable bonds is 1. The molecule has 0 amide bonds. The van der Waals surface area contributed by atoms with Crippen molar-refractivity contribution in [3.05, 3.63) is 122 Å². The first-order valence-corrected chi connectivity index (χ1v) is 25.9. The number of hydrogen-bond acceptors (Lipinski definition) is 3. The zero-order valence-electron chi connectivity index (χ0n) is 42.5. The normalized spacial score (nSPS) is 23.0. The van der Waals surface area contributed by atoms with Crippen molar-refractivity contribution in [3.8, 4) is 0 Å². The van der Waals surface area contributed by atoms with Gasteiger partial charge in [0.05, 0.1) is 11.4 Å². The number of thiophene rings is 1. The van der Waals surface area contributed by atoms with Crippen LogP contribution in [-0.2, 0) is 37.9 Å². The second-order valence-electron chi connectivity index (χ2n) is 26.3. The Morgan fingerprint density at radius 2 is 1.09 bits per heavy atom. The van der Waals surface area contributed by atoms with Gasteiger partial charge in [0.15, 0.2) is 0 Å². The summed E-state index contributed by atoms with van der Waals surface area (Å²) in [6.07, 6.45) is 7.21. The second-order valence-corrected chi connectivity index (χ2v) is 27.4. The van der Waals surface area contributed by atoms with Crippen LogP contribution in [0.3, 0.4) is 0 Å². The number of aryl methyl sites for hydroxylation is 2. The lowest BCUT2D eigenvalue weighted by atomic mass is 9.35. The Bertz CT molecular complexity index is 3110. The summed E-state index contributed by atoms with van der Waals surface area (Å²) in [5, 5.41) is 1.42. The van der Waals surface area contributed by atoms with Crippen molar-refractivity contribution in [2.75, 3.05) is 9.80 Å². The average Bonchev–Trinajstić information content (AvgIpc) is 3.60. The third-order valence-corrected chi connectivity index (χ3v) is 19.7. The van der Waals surface area contributed by atoms with Gasteiger partial charge in [-0.1, -0.05) is 127 Å². The van der Waals surface area contributed by atoms with E-state index in [1.807, 2.05) is 0 Å². The lowest BCUT2D eigenvalue weighted by Crippen LogP contribution is -2.62. The molecule has 0 spiro atoms. The van der Waals surface area contributed by atoms with Gasteiger partial charge in [0.1, 0.15) is 0 Å². The van der Waals surface area contributed by atoms with E-state index >= 15 is 0 Å². The molecular formula is C61H71BN2S. The summed E-state index contributed by atoms with van der Waals surface area (Å²) in [6.45, 7) is 39.8. The van der Waals surface area contributed by atoms with Crippen LogP contribution in [0.1, 0.15) is 191 Å². The smallest absolute Gasteiger partial charge is 0.264 e. The number of anilines is 6. The Hall–Kier alpha value is -4.28. The molecule has 1 atom stereocenters. The number of hydrogen-bond donors (Lipinski definition) is 0. The van der Waals surface area contributed by atoms with Gasteiger partial charge in [-0.05, 0) is 188 Å². The summed E-state index contributed by atoms with van der Waals surface area (Å²) < 4.78 is 2.93. The molecular weight excluding hydrogens is 804 g/mol. The molecule has 0 N–H and O–H groups in total. The fourth-order valence-electron chi connectivity index (χ4n) is 14.3. The molecule has 2 nitrogen and oxygen atoms in total. The Labute approximate surface area is 395 Å². The van der Waals surface area contributed by atoms with Crippen LogP contribution in [0.15, 0.2) is 66.7 Å². The topological polar surface area (TPSA) is 6.48 Å². The predicted octanol–water partition coefficient (Wildman–Crippen LogP) is 15.3. The van der Waals surface area contributed by atoms with E-state index < -0.39 is 0 Å². The number of benzene rings is 5. The highest BCUT2D eigenvalue weighted by molar-refractivity contribution is 7.33. The average molecular weight is 875 g/mol. The van der Waals surface area contributed by atoms with Gasteiger partial charge in [0.2, 0.25) is 0 Å². The van der Waals surface area contributed by atoms with Gasteiger partial charge in [-0.2, -0.15) is 0 Å². The van der Waals surface area contributed by atoms with Crippen LogP contribution >= 0.6 is 11.3 Å². The number of nitrogens with zero attached hydrogens (tertiary/aromatic N) is 2. The third-order valence-electron chi connectivity index (χ3n) is 18.5. The molecule has 0 saturated heterocycles. The van der Waals surface area contributed by atoms with Crippen molar-refractivity contribution in [3.63, 3.8) is 0 Å². The minimum absolute atomic E-state index is 0.0696. The van der Waals surface area contributed by atoms with Crippen molar-refractivity contribution >= 4 is 78.0 Å². The van der Waals surface area contributed by atoms with E-state index in [2.05, 4.69) is 199 Å². The summed E-state index contributed by atoms with van der Waals surface area (Å²) in [4.78, 5) is 5.56. The molecule has 6 aromatic rings. The van der Waals surface area contributed by atoms with E-state index in [1.165, 1.54) is 109 Å². The van der Waals surface area contributed by atoms with Gasteiger partial charge in [0.25, 0.3) is 6.71 Å². The van der Waals surface area contributed by atoms with E-state index in [0.717, 1.165) is 6.42 Å². The van der Waals surface area contributed by atoms with Crippen LogP contribution in [-0.4, -0.2) is 6.71 Å². The Morgan fingerprint density at radius 3 is 1.74 bits per heavy atom. The quantitative estimate of drug-likeness (QED) is 0.152. The maximum absolute atomic E-state index is 2.85. The molecule has 12 rings (SSSR count). The summed E-state index contributed by atoms with van der Waals surface area (Å²) in [6, 6.07) is 27.9. The van der Waals surface area contributed by atoms with E-state index in [0.29, 0.717) is 0 Å². The second kappa shape index (κ2) is 12.6. The maximum atomic E-state index is 2.85. The van der Waals surface area contributed by atoms with Gasteiger partial charge in [-0.25, -0.2) is 0 Å². The van der Waals surface area contributed by atoms with E-state index in [9.17, 15) is 0 Å². The Morgan fingerprint density at radius 1 is 0.523 bits per heavy atom. The zero-order valence-corrected chi connectivity index (χ0v) is 43.3. The van der Waals surface area contributed by atoms with Crippen molar-refractivity contribution in [2.24, 2.45) is 0 Å². The molecule has 0 radical (unpaired) electrons. The minimum atomic E-state index is -0.109. The van der Waals surface area contributed by atoms with E-state index in [1.54, 1.807) is 38.9 Å². The van der Waals surface area contributed by atoms with Gasteiger partial charge in [0, 0.05) is 43.0 Å². The summed E-state index contributed by atoms with van der Waals surface area (Å²) >= 11 is 2.09. The van der Waals surface area contributed by atoms with Crippen molar-refractivity contribution in [1.29, 1.82) is 0 Å². The number of fused-ring (bicyclic) bond motifs is 12. The van der Waals surface area contributed by atoms with Crippen LogP contribution in [0.2, 0.25) is 0 Å². The summed E-state index contributed by atoms with van der Waals surface area (Å²) in [7, 11) is 0. The molecule has 6 aliphatic rings. The van der Waals surface area contributed by atoms with E-state index in [4.69, 9.17) is 0 Å². The van der Waals surface area contributed by atoms with Crippen molar-refractivity contribution in [2.45, 2.75) is 187 Å². The van der Waals surface area contributed by atoms with Crippen LogP contribution in [0.5, 0.6) is 0 Å². The summed E-state index contributed by atoms with van der Waals surface area (Å²) in [5.41, 5.74) is 27.0. The molecule has 4 heterocycles. The maximum Gasteiger partial charge on any atom is 0.264 e. The SMILES string of the molecule is Cc1cc2c3c(c1)N(c1ccc(C(C)(C)C)cc1)c1c(sc4cc5c(cc14)C(C)(C)CCC5(C)C)B3c1ccc3c4c1N2c1c(C)cc2c(c1C4(C)CCC3(C)C)C(C)(C)CCC2(C)C. The molecule has 3 aliphatic carbocycles. The fraction of sp³-hybridized carbons (Fsp3) is 0.475. The predicted molar refractivity (Wildman–Crippen MR) is 283 cm³/mol. The van der Waals surface area contributed by atoms with Crippen LogP contribution in [0, 0.1) is 13.8 Å². The Balaban J connectivity index is 1.23. The highest BCUT2D eigenvalue weighted by atomic mass is 32.1. The first kappa shape index (κ1) is 42.1. The Kier molecular flexibility index (Phi) is 8.18. The van der Waals surface area contributed by atoms with Crippen molar-refractivity contribution in [1.82, 2.24) is 0 Å². The molecule has 5 aromatic carbocycles. The minimum Gasteiger partial charge on any atom is -0.311 e. The van der Waals surface area contributed by atoms with Gasteiger partial charge in [-0.3, -0.25) is 0 Å². The highest BCUT2D eigenvalue weighted by Crippen LogP contribution is 2.65. The monoisotopic (exact) mass is 875 g/mol. The molecule has 0 fully saturated rings.